The molecule has 0 aromatic heterocycles. The molecule has 102 valence electrons. The van der Waals surface area contributed by atoms with E-state index in [1.54, 1.807) is 0 Å². The Hall–Kier alpha value is -0.660. The van der Waals surface area contributed by atoms with Gasteiger partial charge in [-0.2, -0.15) is 0 Å². The van der Waals surface area contributed by atoms with Gasteiger partial charge < -0.3 is 0 Å². The molecule has 0 saturated heterocycles. The van der Waals surface area contributed by atoms with Crippen molar-refractivity contribution in [3.05, 3.63) is 0 Å². The van der Waals surface area contributed by atoms with Crippen LogP contribution in [0.2, 0.25) is 0 Å². The van der Waals surface area contributed by atoms with Gasteiger partial charge in [0.05, 0.1) is 0 Å². The van der Waals surface area contributed by atoms with E-state index in [2.05, 4.69) is 13.8 Å². The summed E-state index contributed by atoms with van der Waals surface area (Å²) in [5.41, 5.74) is -0.840. The van der Waals surface area contributed by atoms with E-state index >= 15 is 0 Å². The lowest BCUT2D eigenvalue weighted by atomic mass is 9.50. The maximum Gasteiger partial charge on any atom is 0.142 e. The van der Waals surface area contributed by atoms with Crippen LogP contribution in [-0.2, 0) is 9.59 Å². The average molecular weight is 250 g/mol. The number of carbonyl (C=O) groups excluding carboxylic acids is 2. The molecule has 0 radical (unpaired) electrons. The van der Waals surface area contributed by atoms with E-state index < -0.39 is 10.8 Å². The first-order chi connectivity index (χ1) is 8.33. The second-order valence-electron chi connectivity index (χ2n) is 6.98. The first-order valence-electron chi connectivity index (χ1n) is 7.41. The second-order valence-corrected chi connectivity index (χ2v) is 6.98. The molecule has 0 spiro atoms. The van der Waals surface area contributed by atoms with Crippen molar-refractivity contribution in [2.75, 3.05) is 0 Å². The summed E-state index contributed by atoms with van der Waals surface area (Å²) in [6.45, 7) is 8.17. The fourth-order valence-electron chi connectivity index (χ4n) is 4.22. The van der Waals surface area contributed by atoms with Crippen molar-refractivity contribution in [3.8, 4) is 0 Å². The van der Waals surface area contributed by atoms with Gasteiger partial charge in [0, 0.05) is 22.7 Å². The predicted molar refractivity (Wildman–Crippen MR) is 72.3 cm³/mol. The lowest BCUT2D eigenvalue weighted by molar-refractivity contribution is -0.158. The van der Waals surface area contributed by atoms with Crippen LogP contribution in [0.3, 0.4) is 0 Å². The standard InChI is InChI=1S/C16H26O2/c1-11-7-5-9-15(3,13(11)17)16(4)10-6-8-12(2)14(16)18/h11-12H,5-10H2,1-4H3. The summed E-state index contributed by atoms with van der Waals surface area (Å²) in [6, 6.07) is 0. The summed E-state index contributed by atoms with van der Waals surface area (Å²) in [5.74, 6) is 0.925. The molecular formula is C16H26O2. The molecule has 0 N–H and O–H groups in total. The van der Waals surface area contributed by atoms with E-state index in [4.69, 9.17) is 0 Å². The number of ketones is 2. The van der Waals surface area contributed by atoms with Crippen LogP contribution in [0.1, 0.15) is 66.2 Å². The Morgan fingerprint density at radius 1 is 0.833 bits per heavy atom. The molecule has 0 aliphatic heterocycles. The summed E-state index contributed by atoms with van der Waals surface area (Å²) >= 11 is 0. The van der Waals surface area contributed by atoms with Crippen LogP contribution >= 0.6 is 0 Å². The average Bonchev–Trinajstić information content (AvgIpc) is 2.33. The van der Waals surface area contributed by atoms with Crippen LogP contribution in [0.25, 0.3) is 0 Å². The molecule has 2 nitrogen and oxygen atoms in total. The van der Waals surface area contributed by atoms with Gasteiger partial charge in [-0.3, -0.25) is 9.59 Å². The van der Waals surface area contributed by atoms with E-state index in [1.165, 1.54) is 0 Å². The van der Waals surface area contributed by atoms with Crippen molar-refractivity contribution in [1.29, 1.82) is 0 Å². The highest BCUT2D eigenvalue weighted by molar-refractivity contribution is 5.97. The summed E-state index contributed by atoms with van der Waals surface area (Å²) in [4.78, 5) is 25.3. The maximum atomic E-state index is 12.7. The van der Waals surface area contributed by atoms with Crippen LogP contribution in [0, 0.1) is 22.7 Å². The van der Waals surface area contributed by atoms with E-state index in [1.807, 2.05) is 13.8 Å². The van der Waals surface area contributed by atoms with Crippen LogP contribution < -0.4 is 0 Å². The molecule has 4 atom stereocenters. The molecule has 2 aliphatic rings. The minimum atomic E-state index is -0.420. The van der Waals surface area contributed by atoms with Crippen LogP contribution in [-0.4, -0.2) is 11.6 Å². The first-order valence-corrected chi connectivity index (χ1v) is 7.41. The smallest absolute Gasteiger partial charge is 0.142 e. The van der Waals surface area contributed by atoms with E-state index in [0.29, 0.717) is 11.6 Å². The van der Waals surface area contributed by atoms with Gasteiger partial charge >= 0.3 is 0 Å². The third kappa shape index (κ3) is 1.76. The first kappa shape index (κ1) is 13.8. The van der Waals surface area contributed by atoms with Gasteiger partial charge in [0.1, 0.15) is 11.6 Å². The largest absolute Gasteiger partial charge is 0.299 e. The molecule has 0 heterocycles. The molecule has 2 rings (SSSR count). The zero-order valence-corrected chi connectivity index (χ0v) is 12.2. The summed E-state index contributed by atoms with van der Waals surface area (Å²) in [7, 11) is 0. The highest BCUT2D eigenvalue weighted by Gasteiger charge is 2.57. The molecular weight excluding hydrogens is 224 g/mol. The van der Waals surface area contributed by atoms with Gasteiger partial charge in [-0.1, -0.05) is 40.5 Å². The SMILES string of the molecule is CC1CCCC(C)(C2(C)CCCC(C)C2=O)C1=O. The van der Waals surface area contributed by atoms with Gasteiger partial charge in [0.2, 0.25) is 0 Å². The normalized spacial score (nSPS) is 46.2. The molecule has 2 saturated carbocycles. The van der Waals surface area contributed by atoms with Crippen LogP contribution in [0.15, 0.2) is 0 Å². The lowest BCUT2D eigenvalue weighted by Gasteiger charge is -2.51. The van der Waals surface area contributed by atoms with Gasteiger partial charge in [0.15, 0.2) is 0 Å². The number of hydrogen-bond acceptors (Lipinski definition) is 2. The van der Waals surface area contributed by atoms with Gasteiger partial charge in [-0.25, -0.2) is 0 Å². The highest BCUT2D eigenvalue weighted by atomic mass is 16.1. The van der Waals surface area contributed by atoms with E-state index in [0.717, 1.165) is 38.5 Å². The van der Waals surface area contributed by atoms with Crippen LogP contribution in [0.4, 0.5) is 0 Å². The zero-order valence-electron chi connectivity index (χ0n) is 12.2. The monoisotopic (exact) mass is 250 g/mol. The van der Waals surface area contributed by atoms with Crippen molar-refractivity contribution in [2.45, 2.75) is 66.2 Å². The number of Topliss-reactive ketones (excluding diaryl/α,β-unsaturated/α-hetero) is 2. The molecule has 2 heteroatoms. The highest BCUT2D eigenvalue weighted by Crippen LogP contribution is 2.54. The van der Waals surface area contributed by atoms with E-state index in [-0.39, 0.29) is 11.8 Å². The topological polar surface area (TPSA) is 34.1 Å². The Morgan fingerprint density at radius 2 is 1.17 bits per heavy atom. The van der Waals surface area contributed by atoms with E-state index in [9.17, 15) is 9.59 Å². The number of hydrogen-bond donors (Lipinski definition) is 0. The Morgan fingerprint density at radius 3 is 1.50 bits per heavy atom. The van der Waals surface area contributed by atoms with Gasteiger partial charge in [-0.05, 0) is 25.7 Å². The molecule has 18 heavy (non-hydrogen) atoms. The Kier molecular flexibility index (Phi) is 3.42. The Balaban J connectivity index is 2.38. The van der Waals surface area contributed by atoms with Crippen molar-refractivity contribution in [3.63, 3.8) is 0 Å². The third-order valence-corrected chi connectivity index (χ3v) is 5.83. The van der Waals surface area contributed by atoms with Crippen molar-refractivity contribution >= 4 is 11.6 Å². The number of carbonyl (C=O) groups is 2. The van der Waals surface area contributed by atoms with Crippen molar-refractivity contribution in [1.82, 2.24) is 0 Å². The summed E-state index contributed by atoms with van der Waals surface area (Å²) < 4.78 is 0. The Labute approximate surface area is 111 Å². The van der Waals surface area contributed by atoms with Crippen LogP contribution in [0.5, 0.6) is 0 Å². The van der Waals surface area contributed by atoms with Crippen molar-refractivity contribution in [2.24, 2.45) is 22.7 Å². The molecule has 0 aromatic rings. The molecule has 4 unspecified atom stereocenters. The lowest BCUT2D eigenvalue weighted by Crippen LogP contribution is -2.55. The molecule has 0 bridgehead atoms. The minimum absolute atomic E-state index is 0.130. The summed E-state index contributed by atoms with van der Waals surface area (Å²) in [6.07, 6.45) is 5.94. The summed E-state index contributed by atoms with van der Waals surface area (Å²) in [5, 5.41) is 0. The van der Waals surface area contributed by atoms with Crippen molar-refractivity contribution < 1.29 is 9.59 Å². The number of rotatable bonds is 1. The quantitative estimate of drug-likeness (QED) is 0.709. The molecule has 2 fully saturated rings. The fraction of sp³-hybridized carbons (Fsp3) is 0.875. The molecule has 2 aliphatic carbocycles. The predicted octanol–water partition coefficient (Wildman–Crippen LogP) is 3.78. The molecule has 0 aromatic carbocycles. The molecule has 0 amide bonds. The second kappa shape index (κ2) is 4.47. The minimum Gasteiger partial charge on any atom is -0.299 e. The fourth-order valence-corrected chi connectivity index (χ4v) is 4.22. The van der Waals surface area contributed by atoms with Gasteiger partial charge in [-0.15, -0.1) is 0 Å². The zero-order chi connectivity index (χ0) is 13.6. The van der Waals surface area contributed by atoms with Gasteiger partial charge in [0.25, 0.3) is 0 Å². The third-order valence-electron chi connectivity index (χ3n) is 5.83. The maximum absolute atomic E-state index is 12.7. The Bertz CT molecular complexity index is 337.